The molecule has 2 rings (SSSR count). The molecule has 0 aliphatic rings. The normalized spacial score (nSPS) is 12.1. The molecule has 0 spiro atoms. The van der Waals surface area contributed by atoms with Gasteiger partial charge in [-0.15, -0.1) is 22.2 Å². The van der Waals surface area contributed by atoms with E-state index in [1.54, 1.807) is 0 Å². The van der Waals surface area contributed by atoms with Crippen molar-refractivity contribution in [1.29, 1.82) is 0 Å². The smallest absolute Gasteiger partial charge is 0.316 e. The highest BCUT2D eigenvalue weighted by molar-refractivity contribution is 6.85. The lowest BCUT2D eigenvalue weighted by Gasteiger charge is -2.23. The minimum Gasteiger partial charge on any atom is -0.424 e. The molecule has 2 aromatic carbocycles. The lowest BCUT2D eigenvalue weighted by atomic mass is 9.93. The average molecular weight is 739 g/mol. The van der Waals surface area contributed by atoms with Crippen LogP contribution < -0.4 is 9.47 Å². The summed E-state index contributed by atoms with van der Waals surface area (Å²) in [6.45, 7) is 37.1. The van der Waals surface area contributed by atoms with Gasteiger partial charge in [0.15, 0.2) is 11.5 Å². The fraction of sp³-hybridized carbons (Fsp3) is 0.476. The molecule has 0 fully saturated rings. The van der Waals surface area contributed by atoms with E-state index in [9.17, 15) is 9.59 Å². The van der Waals surface area contributed by atoms with Gasteiger partial charge in [0.25, 0.3) is 0 Å². The highest BCUT2D eigenvalue weighted by atomic mass is 28.3. The first kappa shape index (κ1) is 42.7. The second-order valence-electron chi connectivity index (χ2n) is 19.1. The summed E-state index contributed by atoms with van der Waals surface area (Å²) in [7, 11) is -7.26. The van der Waals surface area contributed by atoms with Crippen molar-refractivity contribution in [2.24, 2.45) is 10.8 Å². The summed E-state index contributed by atoms with van der Waals surface area (Å²) >= 11 is 0. The molecule has 0 aliphatic carbocycles. The molecule has 4 nitrogen and oxygen atoms in total. The molecule has 0 saturated carbocycles. The molecule has 0 amide bonds. The molecule has 0 atom stereocenters. The summed E-state index contributed by atoms with van der Waals surface area (Å²) in [4.78, 5) is 27.3. The summed E-state index contributed by atoms with van der Waals surface area (Å²) in [5.74, 6) is 13.4. The van der Waals surface area contributed by atoms with Crippen LogP contribution in [-0.4, -0.2) is 44.2 Å². The maximum Gasteiger partial charge on any atom is 0.316 e. The Bertz CT molecular complexity index is 1760. The highest BCUT2D eigenvalue weighted by Gasteiger charge is 2.30. The molecule has 0 saturated heterocycles. The maximum absolute atomic E-state index is 13.7. The van der Waals surface area contributed by atoms with Crippen molar-refractivity contribution in [1.82, 2.24) is 0 Å². The van der Waals surface area contributed by atoms with Crippen LogP contribution in [0.5, 0.6) is 11.5 Å². The van der Waals surface area contributed by atoms with Gasteiger partial charge in [-0.2, -0.15) is 0 Å². The zero-order chi connectivity index (χ0) is 38.7. The molecule has 0 aromatic heterocycles. The Labute approximate surface area is 308 Å². The van der Waals surface area contributed by atoms with Gasteiger partial charge in [-0.3, -0.25) is 9.59 Å². The number of esters is 2. The minimum atomic E-state index is -1.86. The van der Waals surface area contributed by atoms with E-state index in [4.69, 9.17) is 9.47 Å². The van der Waals surface area contributed by atoms with Crippen molar-refractivity contribution in [2.75, 3.05) is 0 Å². The van der Waals surface area contributed by atoms with Crippen molar-refractivity contribution in [3.8, 4) is 68.5 Å². The Morgan fingerprint density at radius 3 is 0.960 bits per heavy atom. The Kier molecular flexibility index (Phi) is 13.1. The largest absolute Gasteiger partial charge is 0.424 e. The summed E-state index contributed by atoms with van der Waals surface area (Å²) in [5.41, 5.74) is 16.0. The van der Waals surface area contributed by atoms with E-state index in [1.165, 1.54) is 0 Å². The third-order valence-electron chi connectivity index (χ3n) is 6.39. The van der Waals surface area contributed by atoms with Crippen molar-refractivity contribution >= 4 is 44.2 Å². The van der Waals surface area contributed by atoms with Crippen molar-refractivity contribution in [3.05, 3.63) is 46.5 Å². The van der Waals surface area contributed by atoms with Crippen molar-refractivity contribution < 1.29 is 19.1 Å². The molecule has 50 heavy (non-hydrogen) atoms. The fourth-order valence-electron chi connectivity index (χ4n) is 3.73. The van der Waals surface area contributed by atoms with Crippen LogP contribution in [-0.2, 0) is 9.59 Å². The Morgan fingerprint density at radius 1 is 0.460 bits per heavy atom. The first-order chi connectivity index (χ1) is 22.3. The number of carbonyl (C=O) groups excluding carboxylic acids is 2. The van der Waals surface area contributed by atoms with Crippen LogP contribution in [0.3, 0.4) is 0 Å². The first-order valence-corrected chi connectivity index (χ1v) is 31.3. The average Bonchev–Trinajstić information content (AvgIpc) is 2.91. The second-order valence-corrected chi connectivity index (χ2v) is 38.1. The third-order valence-corrected chi connectivity index (χ3v) is 9.89. The van der Waals surface area contributed by atoms with Crippen LogP contribution in [0.1, 0.15) is 63.8 Å². The van der Waals surface area contributed by atoms with Crippen LogP contribution in [0, 0.1) is 56.7 Å². The second kappa shape index (κ2) is 15.4. The number of hydrogen-bond donors (Lipinski definition) is 0. The predicted molar refractivity (Wildman–Crippen MR) is 223 cm³/mol. The topological polar surface area (TPSA) is 52.6 Å². The molecule has 266 valence electrons. The van der Waals surface area contributed by atoms with Crippen LogP contribution in [0.15, 0.2) is 24.3 Å². The molecule has 0 unspecified atom stereocenters. The van der Waals surface area contributed by atoms with Crippen LogP contribution >= 0.6 is 0 Å². The van der Waals surface area contributed by atoms with E-state index in [1.807, 2.05) is 65.8 Å². The molecule has 0 heterocycles. The van der Waals surface area contributed by atoms with E-state index in [2.05, 4.69) is 124 Å². The zero-order valence-electron chi connectivity index (χ0n) is 33.9. The first-order valence-electron chi connectivity index (χ1n) is 17.3. The lowest BCUT2D eigenvalue weighted by Crippen LogP contribution is -2.27. The van der Waals surface area contributed by atoms with E-state index in [0.29, 0.717) is 33.8 Å². The fourth-order valence-corrected chi connectivity index (χ4v) is 5.79. The van der Waals surface area contributed by atoms with E-state index < -0.39 is 55.1 Å². The standard InChI is InChI=1S/C42H58O4Si4/c1-41(2,3)39(43)45-37-33(21-25-49(13,14)15)27-31(19-23-47(7,8)9)29-35(37)36-30-32(20-24-48(10,11)12)28-34(22-26-50(16,17)18)38(36)46-40(44)42(4,5)6/h27-30H,1-18H3. The molecule has 8 heteroatoms. The van der Waals surface area contributed by atoms with Crippen molar-refractivity contribution in [3.63, 3.8) is 0 Å². The van der Waals surface area contributed by atoms with Crippen LogP contribution in [0.25, 0.3) is 11.1 Å². The monoisotopic (exact) mass is 738 g/mol. The van der Waals surface area contributed by atoms with Gasteiger partial charge in [0.2, 0.25) is 0 Å². The molecular weight excluding hydrogens is 681 g/mol. The van der Waals surface area contributed by atoms with Gasteiger partial charge in [0.05, 0.1) is 22.0 Å². The van der Waals surface area contributed by atoms with Gasteiger partial charge in [-0.05, 0) is 65.8 Å². The predicted octanol–water partition coefficient (Wildman–Crippen LogP) is 10.2. The van der Waals surface area contributed by atoms with Gasteiger partial charge < -0.3 is 9.47 Å². The molecule has 0 bridgehead atoms. The van der Waals surface area contributed by atoms with E-state index in [0.717, 1.165) is 11.1 Å². The van der Waals surface area contributed by atoms with Crippen LogP contribution in [0.4, 0.5) is 0 Å². The Balaban J connectivity index is 3.41. The minimum absolute atomic E-state index is 0.307. The molecule has 0 radical (unpaired) electrons. The Morgan fingerprint density at radius 2 is 0.720 bits per heavy atom. The Hall–Kier alpha value is -3.51. The van der Waals surface area contributed by atoms with Gasteiger partial charge >= 0.3 is 11.9 Å². The number of carbonyl (C=O) groups is 2. The summed E-state index contributed by atoms with van der Waals surface area (Å²) in [5, 5.41) is 0. The number of ether oxygens (including phenoxy) is 2. The molecule has 0 aliphatic heterocycles. The van der Waals surface area contributed by atoms with Gasteiger partial charge in [-0.1, -0.05) is 102 Å². The van der Waals surface area contributed by atoms with E-state index >= 15 is 0 Å². The number of hydrogen-bond acceptors (Lipinski definition) is 4. The number of benzene rings is 2. The highest BCUT2D eigenvalue weighted by Crippen LogP contribution is 2.43. The maximum atomic E-state index is 13.7. The molecule has 0 N–H and O–H groups in total. The van der Waals surface area contributed by atoms with Gasteiger partial charge in [0.1, 0.15) is 32.3 Å². The van der Waals surface area contributed by atoms with E-state index in [-0.39, 0.29) is 0 Å². The molecular formula is C42H58O4Si4. The van der Waals surface area contributed by atoms with Gasteiger partial charge in [0, 0.05) is 22.3 Å². The van der Waals surface area contributed by atoms with Crippen LogP contribution in [0.2, 0.25) is 78.6 Å². The quantitative estimate of drug-likeness (QED) is 0.136. The zero-order valence-corrected chi connectivity index (χ0v) is 37.9. The van der Waals surface area contributed by atoms with Gasteiger partial charge in [-0.25, -0.2) is 0 Å². The molecule has 2 aromatic rings. The number of rotatable bonds is 3. The lowest BCUT2D eigenvalue weighted by molar-refractivity contribution is -0.143. The summed E-state index contributed by atoms with van der Waals surface area (Å²) in [6.07, 6.45) is 0. The third kappa shape index (κ3) is 14.4. The SMILES string of the molecule is CC(C)(C)C(=O)Oc1c(C#C[Si](C)(C)C)cc(C#C[Si](C)(C)C)cc1-c1cc(C#C[Si](C)(C)C)cc(C#C[Si](C)(C)C)c1OC(=O)C(C)(C)C. The summed E-state index contributed by atoms with van der Waals surface area (Å²) < 4.78 is 12.7. The van der Waals surface area contributed by atoms with Crippen molar-refractivity contribution in [2.45, 2.75) is 120 Å². The summed E-state index contributed by atoms with van der Waals surface area (Å²) in [6, 6.07) is 7.67.